The number of thiocarbonyl (C=S) groups is 1. The largest absolute Gasteiger partial charge is 0.331 e. The molecule has 2 aliphatic carbocycles. The number of hydrogen-bond acceptors (Lipinski definition) is 5. The molecule has 9 nitrogen and oxygen atoms in total. The van der Waals surface area contributed by atoms with Gasteiger partial charge in [-0.2, -0.15) is 0 Å². The van der Waals surface area contributed by atoms with Crippen molar-refractivity contribution in [1.29, 1.82) is 0 Å². The molecule has 0 spiro atoms. The number of carbonyl (C=O) groups excluding carboxylic acids is 2. The molecular weight excluding hydrogens is 414 g/mol. The standard InChI is InChI=1S/C21H25N7O2S/c1-4-27-15(20(30)28(12-5-6-12)13-7-8-13)9-14-16-17(23-10-22-16)18(26(3)19(14)27)25-21(31)24-11(2)29/h9-10,12-13H,4-8H2,1-3H3,(H2,24,25,29,31). The number of nitrogens with one attached hydrogen (secondary N) is 2. The zero-order valence-electron chi connectivity index (χ0n) is 17.8. The van der Waals surface area contributed by atoms with E-state index in [1.807, 2.05) is 29.2 Å². The van der Waals surface area contributed by atoms with Crippen LogP contribution in [0.4, 0.5) is 5.82 Å². The number of fused-ring (bicyclic) bond motifs is 3. The zero-order chi connectivity index (χ0) is 21.9. The molecule has 162 valence electrons. The summed E-state index contributed by atoms with van der Waals surface area (Å²) >= 11 is 5.27. The van der Waals surface area contributed by atoms with Crippen LogP contribution in [0, 0.1) is 0 Å². The molecule has 2 fully saturated rings. The van der Waals surface area contributed by atoms with Crippen LogP contribution in [-0.2, 0) is 18.4 Å². The van der Waals surface area contributed by atoms with Crippen molar-refractivity contribution in [3.05, 3.63) is 18.1 Å². The van der Waals surface area contributed by atoms with Crippen molar-refractivity contribution in [2.75, 3.05) is 5.32 Å². The maximum atomic E-state index is 13.6. The Morgan fingerprint density at radius 1 is 1.19 bits per heavy atom. The minimum Gasteiger partial charge on any atom is -0.331 e. The highest BCUT2D eigenvalue weighted by Gasteiger charge is 2.43. The molecule has 2 amide bonds. The van der Waals surface area contributed by atoms with Crippen molar-refractivity contribution in [1.82, 2.24) is 29.3 Å². The van der Waals surface area contributed by atoms with E-state index in [9.17, 15) is 9.59 Å². The fraction of sp³-hybridized carbons (Fsp3) is 0.476. The summed E-state index contributed by atoms with van der Waals surface area (Å²) in [5.41, 5.74) is 2.87. The second-order valence-electron chi connectivity index (χ2n) is 8.30. The summed E-state index contributed by atoms with van der Waals surface area (Å²) in [5.74, 6) is 0.460. The number of carbonyl (C=O) groups is 2. The van der Waals surface area contributed by atoms with Crippen molar-refractivity contribution in [2.45, 2.75) is 58.2 Å². The van der Waals surface area contributed by atoms with Gasteiger partial charge in [0, 0.05) is 38.0 Å². The Bertz CT molecular complexity index is 1180. The van der Waals surface area contributed by atoms with Gasteiger partial charge < -0.3 is 24.7 Å². The van der Waals surface area contributed by atoms with E-state index in [1.165, 1.54) is 13.3 Å². The third kappa shape index (κ3) is 3.34. The van der Waals surface area contributed by atoms with Crippen LogP contribution in [0.3, 0.4) is 0 Å². The van der Waals surface area contributed by atoms with E-state index in [-0.39, 0.29) is 16.9 Å². The van der Waals surface area contributed by atoms with Gasteiger partial charge >= 0.3 is 0 Å². The summed E-state index contributed by atoms with van der Waals surface area (Å²) in [6, 6.07) is 2.71. The molecule has 2 aliphatic heterocycles. The molecular formula is C21H25N7O2S. The van der Waals surface area contributed by atoms with E-state index in [1.54, 1.807) is 0 Å². The van der Waals surface area contributed by atoms with Crippen molar-refractivity contribution in [3.8, 4) is 11.4 Å². The van der Waals surface area contributed by atoms with E-state index < -0.39 is 0 Å². The molecule has 0 aromatic carbocycles. The van der Waals surface area contributed by atoms with E-state index in [4.69, 9.17) is 12.2 Å². The Morgan fingerprint density at radius 2 is 1.84 bits per heavy atom. The first kappa shape index (κ1) is 19.9. The maximum absolute atomic E-state index is 13.6. The molecule has 0 radical (unpaired) electrons. The average Bonchev–Trinajstić information content (AvgIpc) is 3.64. The lowest BCUT2D eigenvalue weighted by Gasteiger charge is -2.23. The van der Waals surface area contributed by atoms with Crippen LogP contribution in [0.1, 0.15) is 50.0 Å². The van der Waals surface area contributed by atoms with Crippen molar-refractivity contribution in [2.24, 2.45) is 7.05 Å². The summed E-state index contributed by atoms with van der Waals surface area (Å²) in [6.45, 7) is 4.07. The molecule has 3 heterocycles. The summed E-state index contributed by atoms with van der Waals surface area (Å²) in [4.78, 5) is 36.0. The Kier molecular flexibility index (Phi) is 4.69. The van der Waals surface area contributed by atoms with Gasteiger partial charge in [0.2, 0.25) is 5.91 Å². The number of aryl methyl sites for hydroxylation is 2. The van der Waals surface area contributed by atoms with Gasteiger partial charge in [0.15, 0.2) is 5.11 Å². The fourth-order valence-corrected chi connectivity index (χ4v) is 4.62. The normalized spacial score (nSPS) is 16.0. The first-order valence-electron chi connectivity index (χ1n) is 10.6. The predicted molar refractivity (Wildman–Crippen MR) is 121 cm³/mol. The van der Waals surface area contributed by atoms with Gasteiger partial charge in [-0.1, -0.05) is 0 Å². The molecule has 0 bridgehead atoms. The van der Waals surface area contributed by atoms with E-state index in [0.29, 0.717) is 41.5 Å². The predicted octanol–water partition coefficient (Wildman–Crippen LogP) is 2.49. The molecule has 0 saturated heterocycles. The molecule has 1 aromatic heterocycles. The minimum absolute atomic E-state index is 0.0963. The molecule has 2 saturated carbocycles. The lowest BCUT2D eigenvalue weighted by Crippen LogP contribution is -2.36. The van der Waals surface area contributed by atoms with Crippen molar-refractivity contribution >= 4 is 46.0 Å². The number of hydrogen-bond donors (Lipinski definition) is 2. The number of rotatable bonds is 5. The SMILES string of the molecule is CCn1c(C(=O)N(C2CC2)C2CC2)cc2c3ncnc-3c(NC(=S)NC(C)=O)n(C)c21. The van der Waals surface area contributed by atoms with Crippen LogP contribution in [-0.4, -0.2) is 53.0 Å². The van der Waals surface area contributed by atoms with Gasteiger partial charge in [0.05, 0.1) is 0 Å². The highest BCUT2D eigenvalue weighted by molar-refractivity contribution is 7.80. The van der Waals surface area contributed by atoms with E-state index >= 15 is 0 Å². The number of nitrogens with zero attached hydrogens (tertiary/aromatic N) is 5. The topological polar surface area (TPSA) is 97.1 Å². The smallest absolute Gasteiger partial charge is 0.271 e. The van der Waals surface area contributed by atoms with Crippen LogP contribution < -0.4 is 10.6 Å². The third-order valence-electron chi connectivity index (χ3n) is 5.97. The number of amides is 2. The second-order valence-corrected chi connectivity index (χ2v) is 8.71. The van der Waals surface area contributed by atoms with Crippen LogP contribution >= 0.6 is 12.2 Å². The Balaban J connectivity index is 1.65. The first-order valence-corrected chi connectivity index (χ1v) is 11.0. The summed E-state index contributed by atoms with van der Waals surface area (Å²) in [6.07, 6.45) is 5.87. The van der Waals surface area contributed by atoms with Crippen LogP contribution in [0.15, 0.2) is 12.4 Å². The Hall–Kier alpha value is -3.01. The van der Waals surface area contributed by atoms with Crippen molar-refractivity contribution in [3.63, 3.8) is 0 Å². The minimum atomic E-state index is -0.254. The fourth-order valence-electron chi connectivity index (χ4n) is 4.38. The van der Waals surface area contributed by atoms with Gasteiger partial charge in [-0.3, -0.25) is 9.59 Å². The van der Waals surface area contributed by atoms with Crippen LogP contribution in [0.5, 0.6) is 0 Å². The van der Waals surface area contributed by atoms with E-state index in [2.05, 4.69) is 25.5 Å². The second kappa shape index (κ2) is 7.30. The molecule has 31 heavy (non-hydrogen) atoms. The molecule has 0 unspecified atom stereocenters. The van der Waals surface area contributed by atoms with E-state index in [0.717, 1.165) is 36.7 Å². The van der Waals surface area contributed by atoms with Gasteiger partial charge in [0.1, 0.15) is 34.9 Å². The number of aromatic nitrogens is 4. The van der Waals surface area contributed by atoms with Gasteiger partial charge in [0.25, 0.3) is 5.91 Å². The zero-order valence-corrected chi connectivity index (χ0v) is 18.6. The Labute approximate surface area is 185 Å². The van der Waals surface area contributed by atoms with Gasteiger partial charge in [-0.25, -0.2) is 9.97 Å². The maximum Gasteiger partial charge on any atom is 0.271 e. The summed E-state index contributed by atoms with van der Waals surface area (Å²) in [7, 11) is 1.90. The van der Waals surface area contributed by atoms with Crippen LogP contribution in [0.2, 0.25) is 0 Å². The lowest BCUT2D eigenvalue weighted by atomic mass is 10.2. The monoisotopic (exact) mass is 439 g/mol. The third-order valence-corrected chi connectivity index (χ3v) is 6.17. The van der Waals surface area contributed by atoms with Gasteiger partial charge in [-0.15, -0.1) is 0 Å². The quantitative estimate of drug-likeness (QED) is 0.593. The number of anilines is 1. The molecule has 5 rings (SSSR count). The summed E-state index contributed by atoms with van der Waals surface area (Å²) < 4.78 is 3.97. The lowest BCUT2D eigenvalue weighted by molar-refractivity contribution is -0.117. The molecule has 2 N–H and O–H groups in total. The van der Waals surface area contributed by atoms with Gasteiger partial charge in [-0.05, 0) is 50.9 Å². The molecule has 0 atom stereocenters. The molecule has 10 heteroatoms. The summed E-state index contributed by atoms with van der Waals surface area (Å²) in [5, 5.41) is 6.73. The highest BCUT2D eigenvalue weighted by atomic mass is 32.1. The number of pyridine rings is 1. The van der Waals surface area contributed by atoms with Crippen LogP contribution in [0.25, 0.3) is 22.4 Å². The number of imidazole rings is 1. The highest BCUT2D eigenvalue weighted by Crippen LogP contribution is 2.40. The Morgan fingerprint density at radius 3 is 2.42 bits per heavy atom. The molecule has 4 aliphatic rings. The average molecular weight is 440 g/mol. The van der Waals surface area contributed by atoms with Crippen molar-refractivity contribution < 1.29 is 9.59 Å². The molecule has 1 aromatic rings. The first-order chi connectivity index (χ1) is 14.9.